The number of hydrogen-bond donors (Lipinski definition) is 1. The highest BCUT2D eigenvalue weighted by Gasteiger charge is 2.03. The molecule has 21 heavy (non-hydrogen) atoms. The number of hydrogen-bond acceptors (Lipinski definition) is 3. The number of benzene rings is 2. The van der Waals surface area contributed by atoms with Gasteiger partial charge >= 0.3 is 0 Å². The molecule has 2 aromatic rings. The Morgan fingerprint density at radius 2 is 1.62 bits per heavy atom. The summed E-state index contributed by atoms with van der Waals surface area (Å²) in [5.74, 6) is 1.71. The average molecular weight is 350 g/mol. The van der Waals surface area contributed by atoms with Crippen molar-refractivity contribution in [1.82, 2.24) is 5.32 Å². The molecule has 2 aromatic carbocycles. The minimum absolute atomic E-state index is 0.312. The van der Waals surface area contributed by atoms with E-state index in [1.54, 1.807) is 0 Å². The molecule has 0 aliphatic carbocycles. The molecular weight excluding hydrogens is 330 g/mol. The summed E-state index contributed by atoms with van der Waals surface area (Å²) in [6.45, 7) is 3.15. The van der Waals surface area contributed by atoms with Gasteiger partial charge in [-0.3, -0.25) is 0 Å². The highest BCUT2D eigenvalue weighted by atomic mass is 79.9. The van der Waals surface area contributed by atoms with Gasteiger partial charge in [0.15, 0.2) is 0 Å². The lowest BCUT2D eigenvalue weighted by atomic mass is 10.1. The number of nitrogens with one attached hydrogen (secondary N) is 1. The van der Waals surface area contributed by atoms with E-state index in [0.717, 1.165) is 16.0 Å². The van der Waals surface area contributed by atoms with Gasteiger partial charge in [-0.15, -0.1) is 0 Å². The molecule has 0 aliphatic heterocycles. The average Bonchev–Trinajstić information content (AvgIpc) is 2.51. The Balaban J connectivity index is 1.81. The predicted molar refractivity (Wildman–Crippen MR) is 89.0 cm³/mol. The zero-order valence-corrected chi connectivity index (χ0v) is 13.9. The Bertz CT molecular complexity index is 574. The Morgan fingerprint density at radius 3 is 2.24 bits per heavy atom. The van der Waals surface area contributed by atoms with Crippen molar-refractivity contribution in [2.24, 2.45) is 0 Å². The van der Waals surface area contributed by atoms with Gasteiger partial charge in [-0.2, -0.15) is 0 Å². The summed E-state index contributed by atoms with van der Waals surface area (Å²) in [5, 5.41) is 3.22. The normalized spacial score (nSPS) is 12.0. The highest BCUT2D eigenvalue weighted by molar-refractivity contribution is 9.10. The number of ether oxygens (including phenoxy) is 2. The van der Waals surface area contributed by atoms with Gasteiger partial charge in [0, 0.05) is 10.5 Å². The first-order valence-electron chi connectivity index (χ1n) is 6.97. The summed E-state index contributed by atoms with van der Waals surface area (Å²) in [7, 11) is 1.95. The van der Waals surface area contributed by atoms with Crippen LogP contribution < -0.4 is 14.8 Å². The summed E-state index contributed by atoms with van der Waals surface area (Å²) in [5.41, 5.74) is 1.21. The first kappa shape index (κ1) is 15.9. The van der Waals surface area contributed by atoms with E-state index in [0.29, 0.717) is 19.3 Å². The van der Waals surface area contributed by atoms with E-state index < -0.39 is 0 Å². The molecule has 3 nitrogen and oxygen atoms in total. The van der Waals surface area contributed by atoms with Crippen molar-refractivity contribution in [3.05, 3.63) is 58.6 Å². The fraction of sp³-hybridized carbons (Fsp3) is 0.294. The molecule has 0 radical (unpaired) electrons. The molecule has 0 saturated carbocycles. The van der Waals surface area contributed by atoms with Gasteiger partial charge in [0.25, 0.3) is 0 Å². The minimum Gasteiger partial charge on any atom is -0.490 e. The third-order valence-electron chi connectivity index (χ3n) is 3.21. The van der Waals surface area contributed by atoms with Crippen molar-refractivity contribution < 1.29 is 9.47 Å². The fourth-order valence-corrected chi connectivity index (χ4v) is 2.29. The summed E-state index contributed by atoms with van der Waals surface area (Å²) >= 11 is 3.42. The quantitative estimate of drug-likeness (QED) is 0.760. The Labute approximate surface area is 134 Å². The van der Waals surface area contributed by atoms with E-state index in [-0.39, 0.29) is 0 Å². The number of rotatable bonds is 7. The van der Waals surface area contributed by atoms with Gasteiger partial charge in [0.05, 0.1) is 0 Å². The van der Waals surface area contributed by atoms with Crippen LogP contribution in [-0.2, 0) is 0 Å². The SMILES string of the molecule is CNC(C)c1cccc(OCCOc2cccc(Br)c2)c1. The zero-order valence-electron chi connectivity index (χ0n) is 12.3. The van der Waals surface area contributed by atoms with Crippen molar-refractivity contribution in [3.63, 3.8) is 0 Å². The van der Waals surface area contributed by atoms with Crippen LogP contribution in [0.3, 0.4) is 0 Å². The lowest BCUT2D eigenvalue weighted by Crippen LogP contribution is -2.13. The first-order valence-corrected chi connectivity index (χ1v) is 7.77. The van der Waals surface area contributed by atoms with E-state index in [2.05, 4.69) is 40.3 Å². The highest BCUT2D eigenvalue weighted by Crippen LogP contribution is 2.19. The summed E-state index contributed by atoms with van der Waals surface area (Å²) in [6.07, 6.45) is 0. The first-order chi connectivity index (χ1) is 10.2. The second-order valence-corrected chi connectivity index (χ2v) is 5.65. The van der Waals surface area contributed by atoms with E-state index in [9.17, 15) is 0 Å². The molecule has 0 aliphatic rings. The molecule has 112 valence electrons. The molecule has 0 saturated heterocycles. The molecular formula is C17H20BrNO2. The van der Waals surface area contributed by atoms with Crippen molar-refractivity contribution in [3.8, 4) is 11.5 Å². The maximum Gasteiger partial charge on any atom is 0.122 e. The van der Waals surface area contributed by atoms with Gasteiger partial charge in [-0.25, -0.2) is 0 Å². The summed E-state index contributed by atoms with van der Waals surface area (Å²) in [4.78, 5) is 0. The van der Waals surface area contributed by atoms with Gasteiger partial charge < -0.3 is 14.8 Å². The number of halogens is 1. The maximum absolute atomic E-state index is 5.73. The second-order valence-electron chi connectivity index (χ2n) is 4.74. The second kappa shape index (κ2) is 8.05. The standard InChI is InChI=1S/C17H20BrNO2/c1-13(19-2)14-5-3-7-16(11-14)20-9-10-21-17-8-4-6-15(18)12-17/h3-8,11-13,19H,9-10H2,1-2H3. The fourth-order valence-electron chi connectivity index (χ4n) is 1.92. The molecule has 0 bridgehead atoms. The van der Waals surface area contributed by atoms with Crippen LogP contribution in [-0.4, -0.2) is 20.3 Å². The third-order valence-corrected chi connectivity index (χ3v) is 3.70. The summed E-state index contributed by atoms with van der Waals surface area (Å²) in [6, 6.07) is 16.2. The van der Waals surface area contributed by atoms with Crippen LogP contribution in [0.1, 0.15) is 18.5 Å². The van der Waals surface area contributed by atoms with Crippen LogP contribution in [0, 0.1) is 0 Å². The van der Waals surface area contributed by atoms with Gasteiger partial charge in [-0.05, 0) is 49.9 Å². The van der Waals surface area contributed by atoms with E-state index in [1.165, 1.54) is 5.56 Å². The van der Waals surface area contributed by atoms with E-state index >= 15 is 0 Å². The van der Waals surface area contributed by atoms with Crippen molar-refractivity contribution in [1.29, 1.82) is 0 Å². The van der Waals surface area contributed by atoms with Gasteiger partial charge in [0.2, 0.25) is 0 Å². The van der Waals surface area contributed by atoms with Crippen molar-refractivity contribution >= 4 is 15.9 Å². The largest absolute Gasteiger partial charge is 0.490 e. The zero-order chi connectivity index (χ0) is 15.1. The smallest absolute Gasteiger partial charge is 0.122 e. The predicted octanol–water partition coefficient (Wildman–Crippen LogP) is 4.19. The van der Waals surface area contributed by atoms with Gasteiger partial charge in [-0.1, -0.05) is 34.1 Å². The molecule has 1 N–H and O–H groups in total. The lowest BCUT2D eigenvalue weighted by molar-refractivity contribution is 0.217. The monoisotopic (exact) mass is 349 g/mol. The lowest BCUT2D eigenvalue weighted by Gasteiger charge is -2.13. The van der Waals surface area contributed by atoms with Crippen LogP contribution in [0.2, 0.25) is 0 Å². The molecule has 0 heterocycles. The molecule has 2 rings (SSSR count). The van der Waals surface area contributed by atoms with Crippen molar-refractivity contribution in [2.75, 3.05) is 20.3 Å². The molecule has 0 amide bonds. The third kappa shape index (κ3) is 5.06. The molecule has 1 atom stereocenters. The van der Waals surface area contributed by atoms with Crippen LogP contribution in [0.5, 0.6) is 11.5 Å². The molecule has 0 fully saturated rings. The topological polar surface area (TPSA) is 30.5 Å². The van der Waals surface area contributed by atoms with Crippen LogP contribution in [0.4, 0.5) is 0 Å². The molecule has 0 aromatic heterocycles. The van der Waals surface area contributed by atoms with Crippen LogP contribution in [0.25, 0.3) is 0 Å². The van der Waals surface area contributed by atoms with E-state index in [1.807, 2.05) is 43.4 Å². The Hall–Kier alpha value is -1.52. The molecule has 4 heteroatoms. The van der Waals surface area contributed by atoms with Gasteiger partial charge in [0.1, 0.15) is 24.7 Å². The van der Waals surface area contributed by atoms with Crippen molar-refractivity contribution in [2.45, 2.75) is 13.0 Å². The minimum atomic E-state index is 0.312. The van der Waals surface area contributed by atoms with E-state index in [4.69, 9.17) is 9.47 Å². The Morgan fingerprint density at radius 1 is 1.00 bits per heavy atom. The van der Waals surface area contributed by atoms with Crippen LogP contribution >= 0.6 is 15.9 Å². The summed E-state index contributed by atoms with van der Waals surface area (Å²) < 4.78 is 12.4. The Kier molecular flexibility index (Phi) is 6.08. The van der Waals surface area contributed by atoms with Crippen LogP contribution in [0.15, 0.2) is 53.0 Å². The molecule has 1 unspecified atom stereocenters. The maximum atomic E-state index is 5.73. The molecule has 0 spiro atoms.